The highest BCUT2D eigenvalue weighted by Gasteiger charge is 2.19. The van der Waals surface area contributed by atoms with E-state index in [-0.39, 0.29) is 31.1 Å². The third kappa shape index (κ3) is 54.4. The van der Waals surface area contributed by atoms with Crippen molar-refractivity contribution in [2.45, 2.75) is 322 Å². The zero-order valence-corrected chi connectivity index (χ0v) is 44.9. The van der Waals surface area contributed by atoms with Crippen molar-refractivity contribution in [2.75, 3.05) is 13.2 Å². The molecule has 6 heteroatoms. The third-order valence-electron chi connectivity index (χ3n) is 13.1. The average molecular weight is 942 g/mol. The molecule has 0 bridgehead atoms. The van der Waals surface area contributed by atoms with Gasteiger partial charge in [-0.15, -0.1) is 0 Å². The van der Waals surface area contributed by atoms with Crippen LogP contribution < -0.4 is 0 Å². The summed E-state index contributed by atoms with van der Waals surface area (Å²) in [6.07, 6.45) is 67.1. The summed E-state index contributed by atoms with van der Waals surface area (Å²) in [7, 11) is 0. The molecule has 0 amide bonds. The summed E-state index contributed by atoms with van der Waals surface area (Å²) < 4.78 is 16.9. The first-order chi connectivity index (χ1) is 33.0. The standard InChI is InChI=1S/C61H112O6/c1-4-7-10-13-16-19-22-25-27-28-29-30-31-32-33-34-35-37-39-42-45-48-51-54-60(63)66-57-58(56-65-59(62)53-50-47-44-41-38-24-21-18-15-12-9-6-3)67-61(64)55-52-49-46-43-40-36-26-23-20-17-14-11-8-5-2/h22,25,28-29,31-32,58H,4-21,23-24,26-27,30,33-57H2,1-3H3/b25-22-,29-28-,32-31-. The number of rotatable bonds is 54. The van der Waals surface area contributed by atoms with Gasteiger partial charge >= 0.3 is 17.9 Å². The van der Waals surface area contributed by atoms with Crippen LogP contribution in [0.25, 0.3) is 0 Å². The van der Waals surface area contributed by atoms with E-state index >= 15 is 0 Å². The maximum absolute atomic E-state index is 12.8. The van der Waals surface area contributed by atoms with E-state index in [1.165, 1.54) is 199 Å². The van der Waals surface area contributed by atoms with Crippen LogP contribution in [0.1, 0.15) is 316 Å². The van der Waals surface area contributed by atoms with Gasteiger partial charge < -0.3 is 14.2 Å². The molecule has 0 heterocycles. The summed E-state index contributed by atoms with van der Waals surface area (Å²) in [5.41, 5.74) is 0. The van der Waals surface area contributed by atoms with Crippen LogP contribution in [0.15, 0.2) is 36.5 Å². The average Bonchev–Trinajstić information content (AvgIpc) is 3.33. The zero-order chi connectivity index (χ0) is 48.6. The molecule has 0 spiro atoms. The lowest BCUT2D eigenvalue weighted by Crippen LogP contribution is -2.30. The van der Waals surface area contributed by atoms with Gasteiger partial charge in [-0.25, -0.2) is 0 Å². The van der Waals surface area contributed by atoms with E-state index in [1.807, 2.05) is 0 Å². The monoisotopic (exact) mass is 941 g/mol. The molecule has 0 rings (SSSR count). The Kier molecular flexibility index (Phi) is 54.2. The van der Waals surface area contributed by atoms with Crippen molar-refractivity contribution >= 4 is 17.9 Å². The first kappa shape index (κ1) is 64.6. The van der Waals surface area contributed by atoms with Crippen LogP contribution in [0.2, 0.25) is 0 Å². The lowest BCUT2D eigenvalue weighted by molar-refractivity contribution is -0.167. The van der Waals surface area contributed by atoms with Crippen LogP contribution >= 0.6 is 0 Å². The highest BCUT2D eigenvalue weighted by atomic mass is 16.6. The van der Waals surface area contributed by atoms with E-state index in [0.29, 0.717) is 19.3 Å². The molecule has 0 aromatic heterocycles. The van der Waals surface area contributed by atoms with Gasteiger partial charge in [-0.3, -0.25) is 14.4 Å². The fourth-order valence-electron chi connectivity index (χ4n) is 8.69. The van der Waals surface area contributed by atoms with E-state index in [0.717, 1.165) is 77.0 Å². The van der Waals surface area contributed by atoms with Gasteiger partial charge in [0.15, 0.2) is 6.10 Å². The minimum atomic E-state index is -0.770. The summed E-state index contributed by atoms with van der Waals surface area (Å²) in [4.78, 5) is 38.1. The summed E-state index contributed by atoms with van der Waals surface area (Å²) in [6, 6.07) is 0. The summed E-state index contributed by atoms with van der Waals surface area (Å²) in [5.74, 6) is -0.859. The molecule has 0 aliphatic heterocycles. The van der Waals surface area contributed by atoms with Crippen LogP contribution in [0.3, 0.4) is 0 Å². The second-order valence-corrected chi connectivity index (χ2v) is 19.9. The molecule has 0 saturated heterocycles. The maximum atomic E-state index is 12.8. The molecule has 0 fully saturated rings. The van der Waals surface area contributed by atoms with Crippen molar-refractivity contribution in [3.05, 3.63) is 36.5 Å². The Bertz CT molecular complexity index is 1130. The Labute approximate surface area is 416 Å². The van der Waals surface area contributed by atoms with Crippen LogP contribution in [0, 0.1) is 0 Å². The number of allylic oxidation sites excluding steroid dienone is 6. The van der Waals surface area contributed by atoms with E-state index < -0.39 is 6.10 Å². The van der Waals surface area contributed by atoms with Crippen molar-refractivity contribution < 1.29 is 28.6 Å². The lowest BCUT2D eigenvalue weighted by atomic mass is 10.0. The molecule has 1 atom stereocenters. The molecule has 0 N–H and O–H groups in total. The first-order valence-corrected chi connectivity index (χ1v) is 29.5. The quantitative estimate of drug-likeness (QED) is 0.0262. The zero-order valence-electron chi connectivity index (χ0n) is 44.9. The molecular formula is C61H112O6. The Morgan fingerprint density at radius 1 is 0.299 bits per heavy atom. The second kappa shape index (κ2) is 56.2. The number of carbonyl (C=O) groups excluding carboxylic acids is 3. The van der Waals surface area contributed by atoms with E-state index in [4.69, 9.17) is 14.2 Å². The van der Waals surface area contributed by atoms with Crippen molar-refractivity contribution in [2.24, 2.45) is 0 Å². The first-order valence-electron chi connectivity index (χ1n) is 29.5. The predicted octanol–water partition coefficient (Wildman–Crippen LogP) is 19.7. The van der Waals surface area contributed by atoms with Gasteiger partial charge in [-0.1, -0.05) is 276 Å². The molecule has 6 nitrogen and oxygen atoms in total. The predicted molar refractivity (Wildman–Crippen MR) is 289 cm³/mol. The van der Waals surface area contributed by atoms with Crippen LogP contribution in [-0.2, 0) is 28.6 Å². The Morgan fingerprint density at radius 3 is 0.836 bits per heavy atom. The Hall–Kier alpha value is -2.37. The van der Waals surface area contributed by atoms with Crippen LogP contribution in [0.5, 0.6) is 0 Å². The van der Waals surface area contributed by atoms with Crippen LogP contribution in [-0.4, -0.2) is 37.2 Å². The summed E-state index contributed by atoms with van der Waals surface area (Å²) in [6.45, 7) is 6.66. The fraction of sp³-hybridized carbons (Fsp3) is 0.852. The molecule has 0 radical (unpaired) electrons. The van der Waals surface area contributed by atoms with Gasteiger partial charge in [-0.2, -0.15) is 0 Å². The van der Waals surface area contributed by atoms with E-state index in [2.05, 4.69) is 57.2 Å². The number of ether oxygens (including phenoxy) is 3. The van der Waals surface area contributed by atoms with Crippen LogP contribution in [0.4, 0.5) is 0 Å². The summed E-state index contributed by atoms with van der Waals surface area (Å²) >= 11 is 0. The van der Waals surface area contributed by atoms with Gasteiger partial charge in [-0.05, 0) is 57.8 Å². The molecule has 0 aromatic rings. The van der Waals surface area contributed by atoms with Gasteiger partial charge in [0.05, 0.1) is 0 Å². The molecule has 0 aliphatic rings. The largest absolute Gasteiger partial charge is 0.462 e. The molecule has 0 aromatic carbocycles. The second-order valence-electron chi connectivity index (χ2n) is 19.9. The van der Waals surface area contributed by atoms with E-state index in [1.54, 1.807) is 0 Å². The van der Waals surface area contributed by atoms with Crippen molar-refractivity contribution in [3.63, 3.8) is 0 Å². The number of carbonyl (C=O) groups is 3. The molecule has 67 heavy (non-hydrogen) atoms. The maximum Gasteiger partial charge on any atom is 0.306 e. The number of hydrogen-bond donors (Lipinski definition) is 0. The van der Waals surface area contributed by atoms with Gasteiger partial charge in [0.2, 0.25) is 0 Å². The Balaban J connectivity index is 4.28. The normalized spacial score (nSPS) is 12.2. The minimum Gasteiger partial charge on any atom is -0.462 e. The van der Waals surface area contributed by atoms with Gasteiger partial charge in [0.25, 0.3) is 0 Å². The van der Waals surface area contributed by atoms with E-state index in [9.17, 15) is 14.4 Å². The lowest BCUT2D eigenvalue weighted by Gasteiger charge is -2.18. The third-order valence-corrected chi connectivity index (χ3v) is 13.1. The van der Waals surface area contributed by atoms with Crippen molar-refractivity contribution in [1.82, 2.24) is 0 Å². The Morgan fingerprint density at radius 2 is 0.537 bits per heavy atom. The smallest absolute Gasteiger partial charge is 0.306 e. The minimum absolute atomic E-state index is 0.0695. The fourth-order valence-corrected chi connectivity index (χ4v) is 8.69. The number of unbranched alkanes of at least 4 members (excludes halogenated alkanes) is 37. The summed E-state index contributed by atoms with van der Waals surface area (Å²) in [5, 5.41) is 0. The van der Waals surface area contributed by atoms with Crippen molar-refractivity contribution in [3.8, 4) is 0 Å². The molecule has 1 unspecified atom stereocenters. The van der Waals surface area contributed by atoms with Gasteiger partial charge in [0.1, 0.15) is 13.2 Å². The topological polar surface area (TPSA) is 78.9 Å². The highest BCUT2D eigenvalue weighted by Crippen LogP contribution is 2.17. The highest BCUT2D eigenvalue weighted by molar-refractivity contribution is 5.71. The van der Waals surface area contributed by atoms with Gasteiger partial charge in [0, 0.05) is 19.3 Å². The molecule has 392 valence electrons. The number of esters is 3. The SMILES string of the molecule is CCCCCCC/C=C\C/C=C\C/C=C\CCCCCCCCCCC(=O)OCC(COC(=O)CCCCCCCCCCCCCC)OC(=O)CCCCCCCCCCCCCCCC. The number of hydrogen-bond acceptors (Lipinski definition) is 6. The van der Waals surface area contributed by atoms with Crippen molar-refractivity contribution in [1.29, 1.82) is 0 Å². The molecule has 0 aliphatic carbocycles. The molecular weight excluding hydrogens is 829 g/mol. The molecule has 0 saturated carbocycles.